The third-order valence-corrected chi connectivity index (χ3v) is 4.15. The van der Waals surface area contributed by atoms with Gasteiger partial charge in [0.15, 0.2) is 0 Å². The highest BCUT2D eigenvalue weighted by atomic mass is 35.5. The lowest BCUT2D eigenvalue weighted by Crippen LogP contribution is -2.46. The van der Waals surface area contributed by atoms with Gasteiger partial charge in [0, 0.05) is 6.42 Å². The molecule has 0 saturated carbocycles. The van der Waals surface area contributed by atoms with Crippen LogP contribution in [0, 0.1) is 13.8 Å². The second-order valence-corrected chi connectivity index (χ2v) is 5.89. The summed E-state index contributed by atoms with van der Waals surface area (Å²) in [6.45, 7) is 3.94. The van der Waals surface area contributed by atoms with Crippen molar-refractivity contribution in [2.75, 3.05) is 0 Å². The standard InChI is InChI=1S/C18H19ClN2O2/c1-11-6-5-7-12(2)14(11)10-16(17(20)22)21-18(23)13-8-3-4-9-15(13)19/h3-9,16H,10H2,1-2H3,(H2,20,22)(H,21,23)/t16-/m1/s1. The minimum Gasteiger partial charge on any atom is -0.368 e. The lowest BCUT2D eigenvalue weighted by molar-refractivity contribution is -0.119. The molecule has 5 heteroatoms. The molecule has 2 aromatic rings. The number of rotatable bonds is 5. The van der Waals surface area contributed by atoms with Crippen molar-refractivity contribution in [2.45, 2.75) is 26.3 Å². The summed E-state index contributed by atoms with van der Waals surface area (Å²) in [7, 11) is 0. The molecule has 23 heavy (non-hydrogen) atoms. The average Bonchev–Trinajstić information content (AvgIpc) is 2.50. The Hall–Kier alpha value is -2.33. The van der Waals surface area contributed by atoms with Crippen molar-refractivity contribution < 1.29 is 9.59 Å². The summed E-state index contributed by atoms with van der Waals surface area (Å²) in [5, 5.41) is 3.01. The maximum Gasteiger partial charge on any atom is 0.253 e. The Morgan fingerprint density at radius 1 is 1.09 bits per heavy atom. The van der Waals surface area contributed by atoms with E-state index >= 15 is 0 Å². The molecular formula is C18H19ClN2O2. The van der Waals surface area contributed by atoms with Crippen molar-refractivity contribution in [3.8, 4) is 0 Å². The van der Waals surface area contributed by atoms with Crippen LogP contribution in [0.4, 0.5) is 0 Å². The third kappa shape index (κ3) is 4.11. The van der Waals surface area contributed by atoms with Gasteiger partial charge in [0.1, 0.15) is 6.04 Å². The van der Waals surface area contributed by atoms with Gasteiger partial charge in [-0.3, -0.25) is 9.59 Å². The van der Waals surface area contributed by atoms with E-state index < -0.39 is 17.9 Å². The van der Waals surface area contributed by atoms with Gasteiger partial charge in [-0.25, -0.2) is 0 Å². The van der Waals surface area contributed by atoms with Crippen LogP contribution in [0.15, 0.2) is 42.5 Å². The van der Waals surface area contributed by atoms with Crippen LogP contribution in [-0.2, 0) is 11.2 Å². The first-order valence-corrected chi connectivity index (χ1v) is 7.67. The topological polar surface area (TPSA) is 72.2 Å². The highest BCUT2D eigenvalue weighted by molar-refractivity contribution is 6.33. The number of aryl methyl sites for hydroxylation is 2. The molecule has 0 aliphatic rings. The van der Waals surface area contributed by atoms with E-state index in [9.17, 15) is 9.59 Å². The molecule has 3 N–H and O–H groups in total. The van der Waals surface area contributed by atoms with Crippen LogP contribution in [0.25, 0.3) is 0 Å². The quantitative estimate of drug-likeness (QED) is 0.884. The molecule has 1 atom stereocenters. The van der Waals surface area contributed by atoms with E-state index in [-0.39, 0.29) is 0 Å². The lowest BCUT2D eigenvalue weighted by Gasteiger charge is -2.18. The number of halogens is 1. The SMILES string of the molecule is Cc1cccc(C)c1C[C@@H](NC(=O)c1ccccc1Cl)C(N)=O. The second kappa shape index (κ2) is 7.29. The number of carbonyl (C=O) groups is 2. The maximum absolute atomic E-state index is 12.3. The van der Waals surface area contributed by atoms with Crippen LogP contribution < -0.4 is 11.1 Å². The number of hydrogen-bond acceptors (Lipinski definition) is 2. The van der Waals surface area contributed by atoms with E-state index in [0.717, 1.165) is 16.7 Å². The zero-order chi connectivity index (χ0) is 17.0. The fraction of sp³-hybridized carbons (Fsp3) is 0.222. The predicted octanol–water partition coefficient (Wildman–Crippen LogP) is 2.78. The van der Waals surface area contributed by atoms with Gasteiger partial charge < -0.3 is 11.1 Å². The van der Waals surface area contributed by atoms with E-state index in [1.165, 1.54) is 0 Å². The summed E-state index contributed by atoms with van der Waals surface area (Å²) < 4.78 is 0. The molecular weight excluding hydrogens is 312 g/mol. The van der Waals surface area contributed by atoms with Gasteiger partial charge in [0.2, 0.25) is 5.91 Å². The Kier molecular flexibility index (Phi) is 5.40. The largest absolute Gasteiger partial charge is 0.368 e. The normalized spacial score (nSPS) is 11.8. The number of amides is 2. The lowest BCUT2D eigenvalue weighted by atomic mass is 9.96. The van der Waals surface area contributed by atoms with E-state index in [4.69, 9.17) is 17.3 Å². The van der Waals surface area contributed by atoms with E-state index in [1.807, 2.05) is 32.0 Å². The Morgan fingerprint density at radius 2 is 1.70 bits per heavy atom. The zero-order valence-corrected chi connectivity index (χ0v) is 13.9. The first-order valence-electron chi connectivity index (χ1n) is 7.30. The van der Waals surface area contributed by atoms with E-state index in [1.54, 1.807) is 24.3 Å². The van der Waals surface area contributed by atoms with Crippen LogP contribution in [-0.4, -0.2) is 17.9 Å². The first kappa shape index (κ1) is 17.0. The molecule has 0 radical (unpaired) electrons. The first-order chi connectivity index (χ1) is 10.9. The van der Waals surface area contributed by atoms with Crippen LogP contribution in [0.2, 0.25) is 5.02 Å². The van der Waals surface area contributed by atoms with Crippen molar-refractivity contribution in [1.82, 2.24) is 5.32 Å². The van der Waals surface area contributed by atoms with Crippen molar-refractivity contribution >= 4 is 23.4 Å². The number of hydrogen-bond donors (Lipinski definition) is 2. The Morgan fingerprint density at radius 3 is 2.26 bits per heavy atom. The minimum absolute atomic E-state index is 0.321. The summed E-state index contributed by atoms with van der Waals surface area (Å²) in [6, 6.07) is 11.8. The molecule has 0 fully saturated rings. The van der Waals surface area contributed by atoms with Gasteiger partial charge in [-0.15, -0.1) is 0 Å². The Labute approximate surface area is 140 Å². The van der Waals surface area contributed by atoms with E-state index in [0.29, 0.717) is 17.0 Å². The van der Waals surface area contributed by atoms with Gasteiger partial charge in [0.05, 0.1) is 10.6 Å². The number of nitrogens with one attached hydrogen (secondary N) is 1. The molecule has 0 aliphatic heterocycles. The number of nitrogens with two attached hydrogens (primary N) is 1. The highest BCUT2D eigenvalue weighted by Crippen LogP contribution is 2.17. The number of primary amides is 1. The third-order valence-electron chi connectivity index (χ3n) is 3.82. The molecule has 0 unspecified atom stereocenters. The molecule has 4 nitrogen and oxygen atoms in total. The van der Waals surface area contributed by atoms with Crippen LogP contribution in [0.1, 0.15) is 27.0 Å². The molecule has 120 valence electrons. The van der Waals surface area contributed by atoms with Gasteiger partial charge in [-0.2, -0.15) is 0 Å². The number of carbonyl (C=O) groups excluding carboxylic acids is 2. The van der Waals surface area contributed by atoms with Gasteiger partial charge in [-0.1, -0.05) is 41.9 Å². The average molecular weight is 331 g/mol. The fourth-order valence-corrected chi connectivity index (χ4v) is 2.70. The summed E-state index contributed by atoms with van der Waals surface area (Å²) >= 11 is 6.02. The summed E-state index contributed by atoms with van der Waals surface area (Å²) in [4.78, 5) is 24.1. The fourth-order valence-electron chi connectivity index (χ4n) is 2.48. The zero-order valence-electron chi connectivity index (χ0n) is 13.1. The van der Waals surface area contributed by atoms with Crippen molar-refractivity contribution in [3.05, 3.63) is 69.7 Å². The summed E-state index contributed by atoms with van der Waals surface area (Å²) in [5.41, 5.74) is 8.91. The van der Waals surface area contributed by atoms with Crippen molar-refractivity contribution in [1.29, 1.82) is 0 Å². The van der Waals surface area contributed by atoms with Gasteiger partial charge >= 0.3 is 0 Å². The molecule has 0 spiro atoms. The molecule has 0 aromatic heterocycles. The Balaban J connectivity index is 2.22. The molecule has 2 aromatic carbocycles. The van der Waals surface area contributed by atoms with Crippen molar-refractivity contribution in [3.63, 3.8) is 0 Å². The minimum atomic E-state index is -0.793. The molecule has 2 rings (SSSR count). The van der Waals surface area contributed by atoms with Crippen LogP contribution >= 0.6 is 11.6 Å². The summed E-state index contributed by atoms with van der Waals surface area (Å²) in [5.74, 6) is -0.987. The van der Waals surface area contributed by atoms with Crippen LogP contribution in [0.5, 0.6) is 0 Å². The Bertz CT molecular complexity index is 723. The molecule has 2 amide bonds. The molecule has 0 saturated heterocycles. The maximum atomic E-state index is 12.3. The highest BCUT2D eigenvalue weighted by Gasteiger charge is 2.22. The second-order valence-electron chi connectivity index (χ2n) is 5.48. The van der Waals surface area contributed by atoms with Gasteiger partial charge in [0.25, 0.3) is 5.91 Å². The van der Waals surface area contributed by atoms with E-state index in [2.05, 4.69) is 5.32 Å². The monoisotopic (exact) mass is 330 g/mol. The predicted molar refractivity (Wildman–Crippen MR) is 91.5 cm³/mol. The molecule has 0 aliphatic carbocycles. The van der Waals surface area contributed by atoms with Crippen LogP contribution in [0.3, 0.4) is 0 Å². The number of benzene rings is 2. The summed E-state index contributed by atoms with van der Waals surface area (Å²) in [6.07, 6.45) is 0.351. The molecule has 0 bridgehead atoms. The molecule has 0 heterocycles. The van der Waals surface area contributed by atoms with Crippen molar-refractivity contribution in [2.24, 2.45) is 5.73 Å². The smallest absolute Gasteiger partial charge is 0.253 e. The van der Waals surface area contributed by atoms with Gasteiger partial charge in [-0.05, 0) is 42.7 Å².